The van der Waals surface area contributed by atoms with E-state index in [1.54, 1.807) is 25.2 Å². The number of aryl methyl sites for hydroxylation is 1. The summed E-state index contributed by atoms with van der Waals surface area (Å²) in [7, 11) is 3.22. The van der Waals surface area contributed by atoms with Crippen LogP contribution in [0, 0.1) is 0 Å². The predicted octanol–water partition coefficient (Wildman–Crippen LogP) is 1.20. The zero-order valence-corrected chi connectivity index (χ0v) is 15.2. The van der Waals surface area contributed by atoms with Gasteiger partial charge in [0.25, 0.3) is 0 Å². The molecule has 0 spiro atoms. The van der Waals surface area contributed by atoms with Crippen molar-refractivity contribution in [3.8, 4) is 11.5 Å². The number of hydrogen-bond donors (Lipinski definition) is 1. The van der Waals surface area contributed by atoms with E-state index in [0.717, 1.165) is 17.9 Å². The van der Waals surface area contributed by atoms with Gasteiger partial charge >= 0.3 is 0 Å². The van der Waals surface area contributed by atoms with Crippen molar-refractivity contribution in [2.75, 3.05) is 14.2 Å². The second-order valence-electron chi connectivity index (χ2n) is 5.78. The van der Waals surface area contributed by atoms with E-state index < -0.39 is 0 Å². The topological polar surface area (TPSA) is 106 Å². The lowest BCUT2D eigenvalue weighted by molar-refractivity contribution is 0.354. The van der Waals surface area contributed by atoms with Crippen LogP contribution in [0.15, 0.2) is 30.9 Å². The summed E-state index contributed by atoms with van der Waals surface area (Å²) in [4.78, 5) is 8.56. The minimum Gasteiger partial charge on any atom is -0.493 e. The Morgan fingerprint density at radius 1 is 1.19 bits per heavy atom. The van der Waals surface area contributed by atoms with Crippen molar-refractivity contribution >= 4 is 0 Å². The quantitative estimate of drug-likeness (QED) is 0.645. The normalized spacial score (nSPS) is 12.2. The molecule has 2 aromatic heterocycles. The SMILES string of the molecule is CCn1nc(Cn2cncn2)nc1CC(N)c1ccc(OC)c(OC)c1. The number of hydrogen-bond acceptors (Lipinski definition) is 7. The third-order valence-electron chi connectivity index (χ3n) is 4.10. The van der Waals surface area contributed by atoms with Gasteiger partial charge in [-0.1, -0.05) is 6.07 Å². The van der Waals surface area contributed by atoms with Crippen molar-refractivity contribution in [2.24, 2.45) is 5.73 Å². The molecular formula is C17H23N7O2. The van der Waals surface area contributed by atoms with Crippen LogP contribution in [-0.2, 0) is 19.5 Å². The van der Waals surface area contributed by atoms with Gasteiger partial charge in [-0.05, 0) is 24.6 Å². The van der Waals surface area contributed by atoms with Crippen molar-refractivity contribution in [3.63, 3.8) is 0 Å². The maximum atomic E-state index is 6.41. The lowest BCUT2D eigenvalue weighted by Gasteiger charge is -2.15. The van der Waals surface area contributed by atoms with E-state index in [0.29, 0.717) is 30.3 Å². The molecule has 9 nitrogen and oxygen atoms in total. The first-order valence-corrected chi connectivity index (χ1v) is 8.37. The standard InChI is InChI=1S/C17H23N7O2/c1-4-24-17(21-16(22-24)9-23-11-19-10-20-23)8-13(18)12-5-6-14(25-2)15(7-12)26-3/h5-7,10-11,13H,4,8-9,18H2,1-3H3. The van der Waals surface area contributed by atoms with Crippen LogP contribution < -0.4 is 15.2 Å². The van der Waals surface area contributed by atoms with E-state index in [1.165, 1.54) is 6.33 Å². The zero-order chi connectivity index (χ0) is 18.5. The molecule has 0 fully saturated rings. The van der Waals surface area contributed by atoms with Crippen molar-refractivity contribution in [2.45, 2.75) is 32.5 Å². The summed E-state index contributed by atoms with van der Waals surface area (Å²) in [6.45, 7) is 3.23. The zero-order valence-electron chi connectivity index (χ0n) is 15.2. The minimum absolute atomic E-state index is 0.233. The van der Waals surface area contributed by atoms with E-state index >= 15 is 0 Å². The number of ether oxygens (including phenoxy) is 2. The first-order valence-electron chi connectivity index (χ1n) is 8.37. The largest absolute Gasteiger partial charge is 0.493 e. The van der Waals surface area contributed by atoms with Crippen molar-refractivity contribution in [3.05, 3.63) is 48.1 Å². The van der Waals surface area contributed by atoms with Crippen LogP contribution in [0.4, 0.5) is 0 Å². The third-order valence-corrected chi connectivity index (χ3v) is 4.10. The highest BCUT2D eigenvalue weighted by molar-refractivity contribution is 5.43. The van der Waals surface area contributed by atoms with Crippen molar-refractivity contribution < 1.29 is 9.47 Å². The van der Waals surface area contributed by atoms with Crippen molar-refractivity contribution in [1.82, 2.24) is 29.5 Å². The van der Waals surface area contributed by atoms with Gasteiger partial charge in [0.2, 0.25) is 0 Å². The van der Waals surface area contributed by atoms with Gasteiger partial charge in [0.05, 0.1) is 14.2 Å². The van der Waals surface area contributed by atoms with Gasteiger partial charge in [-0.3, -0.25) is 0 Å². The van der Waals surface area contributed by atoms with Crippen LogP contribution in [0.1, 0.15) is 30.2 Å². The molecule has 0 aliphatic rings. The number of nitrogens with two attached hydrogens (primary N) is 1. The number of nitrogens with zero attached hydrogens (tertiary/aromatic N) is 6. The molecule has 9 heteroatoms. The summed E-state index contributed by atoms with van der Waals surface area (Å²) in [6.07, 6.45) is 3.69. The Balaban J connectivity index is 1.78. The maximum absolute atomic E-state index is 6.41. The Labute approximate surface area is 151 Å². The molecule has 0 saturated heterocycles. The van der Waals surface area contributed by atoms with Crippen LogP contribution in [0.2, 0.25) is 0 Å². The summed E-state index contributed by atoms with van der Waals surface area (Å²) in [6, 6.07) is 5.46. The highest BCUT2D eigenvalue weighted by Gasteiger charge is 2.16. The van der Waals surface area contributed by atoms with E-state index in [-0.39, 0.29) is 6.04 Å². The molecule has 2 heterocycles. The molecule has 2 N–H and O–H groups in total. The molecule has 1 atom stereocenters. The molecule has 0 bridgehead atoms. The molecule has 1 aromatic carbocycles. The summed E-state index contributed by atoms with van der Waals surface area (Å²) < 4.78 is 14.2. The fourth-order valence-electron chi connectivity index (χ4n) is 2.75. The number of rotatable bonds is 8. The number of methoxy groups -OCH3 is 2. The molecule has 3 aromatic rings. The van der Waals surface area contributed by atoms with Crippen LogP contribution in [-0.4, -0.2) is 43.7 Å². The molecule has 0 radical (unpaired) electrons. The van der Waals surface area contributed by atoms with Crippen LogP contribution in [0.3, 0.4) is 0 Å². The summed E-state index contributed by atoms with van der Waals surface area (Å²) >= 11 is 0. The molecule has 0 aliphatic carbocycles. The van der Waals surface area contributed by atoms with Crippen LogP contribution in [0.25, 0.3) is 0 Å². The lowest BCUT2D eigenvalue weighted by atomic mass is 10.0. The average molecular weight is 357 g/mol. The Kier molecular flexibility index (Phi) is 5.47. The molecule has 0 saturated carbocycles. The molecule has 26 heavy (non-hydrogen) atoms. The van der Waals surface area contributed by atoms with E-state index in [9.17, 15) is 0 Å². The second-order valence-corrected chi connectivity index (χ2v) is 5.78. The highest BCUT2D eigenvalue weighted by atomic mass is 16.5. The van der Waals surface area contributed by atoms with Gasteiger partial charge < -0.3 is 15.2 Å². The second kappa shape index (κ2) is 7.96. The van der Waals surface area contributed by atoms with Gasteiger partial charge in [0.1, 0.15) is 25.0 Å². The fourth-order valence-corrected chi connectivity index (χ4v) is 2.75. The monoisotopic (exact) mass is 357 g/mol. The summed E-state index contributed by atoms with van der Waals surface area (Å²) in [5.74, 6) is 2.86. The molecule has 0 aliphatic heterocycles. The first kappa shape index (κ1) is 17.9. The van der Waals surface area contributed by atoms with Crippen LogP contribution in [0.5, 0.6) is 11.5 Å². The van der Waals surface area contributed by atoms with E-state index in [1.807, 2.05) is 29.8 Å². The lowest BCUT2D eigenvalue weighted by Crippen LogP contribution is -2.17. The fraction of sp³-hybridized carbons (Fsp3) is 0.412. The van der Waals surface area contributed by atoms with Crippen molar-refractivity contribution in [1.29, 1.82) is 0 Å². The predicted molar refractivity (Wildman–Crippen MR) is 95.0 cm³/mol. The summed E-state index contributed by atoms with van der Waals surface area (Å²) in [5, 5.41) is 8.61. The Bertz CT molecular complexity index is 845. The van der Waals surface area contributed by atoms with Crippen LogP contribution >= 0.6 is 0 Å². The van der Waals surface area contributed by atoms with Gasteiger partial charge in [-0.25, -0.2) is 19.3 Å². The molecule has 1 unspecified atom stereocenters. The van der Waals surface area contributed by atoms with Gasteiger partial charge in [0.15, 0.2) is 17.3 Å². The average Bonchev–Trinajstić information content (AvgIpc) is 3.31. The molecular weight excluding hydrogens is 334 g/mol. The van der Waals surface area contributed by atoms with Gasteiger partial charge in [-0.15, -0.1) is 0 Å². The molecule has 138 valence electrons. The Hall–Kier alpha value is -2.94. The molecule has 3 rings (SSSR count). The van der Waals surface area contributed by atoms with E-state index in [4.69, 9.17) is 15.2 Å². The number of aromatic nitrogens is 6. The molecule has 0 amide bonds. The van der Waals surface area contributed by atoms with E-state index in [2.05, 4.69) is 20.2 Å². The highest BCUT2D eigenvalue weighted by Crippen LogP contribution is 2.30. The first-order chi connectivity index (χ1) is 12.6. The Morgan fingerprint density at radius 3 is 2.65 bits per heavy atom. The van der Waals surface area contributed by atoms with Gasteiger partial charge in [-0.2, -0.15) is 10.2 Å². The summed E-state index contributed by atoms with van der Waals surface area (Å²) in [5.41, 5.74) is 7.36. The minimum atomic E-state index is -0.233. The van der Waals surface area contributed by atoms with Gasteiger partial charge in [0, 0.05) is 19.0 Å². The smallest absolute Gasteiger partial charge is 0.172 e. The maximum Gasteiger partial charge on any atom is 0.172 e. The number of benzene rings is 1. The Morgan fingerprint density at radius 2 is 2.00 bits per heavy atom. The third kappa shape index (κ3) is 3.83.